The molecule has 2 amide bonds. The maximum absolute atomic E-state index is 12.1. The highest BCUT2D eigenvalue weighted by molar-refractivity contribution is 9.10. The number of hydrogen-bond acceptors (Lipinski definition) is 7. The summed E-state index contributed by atoms with van der Waals surface area (Å²) in [5, 5.41) is 13.7. The van der Waals surface area contributed by atoms with E-state index in [1.165, 1.54) is 25.1 Å². The van der Waals surface area contributed by atoms with Crippen molar-refractivity contribution in [2.75, 3.05) is 24.8 Å². The van der Waals surface area contributed by atoms with Gasteiger partial charge in [0.05, 0.1) is 19.1 Å². The minimum absolute atomic E-state index is 0.0868. The van der Waals surface area contributed by atoms with Crippen LogP contribution in [0.1, 0.15) is 5.56 Å². The van der Waals surface area contributed by atoms with Crippen molar-refractivity contribution in [3.63, 3.8) is 0 Å². The standard InChI is InChI=1S/C19H17BrN4O4S/c1-27-16-8-12(9-21-24-19-23-18(26)11-29-19)2-7-15(16)28-10-17(25)22-14-5-3-13(20)4-6-14/h2-9H,10-11H2,1H3,(H,22,25)(H,23,24,26). The molecule has 1 aliphatic heterocycles. The van der Waals surface area contributed by atoms with Crippen LogP contribution in [0, 0.1) is 0 Å². The molecule has 10 heteroatoms. The minimum Gasteiger partial charge on any atom is -0.493 e. The smallest absolute Gasteiger partial charge is 0.262 e. The van der Waals surface area contributed by atoms with Gasteiger partial charge < -0.3 is 20.1 Å². The summed E-state index contributed by atoms with van der Waals surface area (Å²) in [5.41, 5.74) is 1.41. The Bertz CT molecular complexity index is 963. The topological polar surface area (TPSA) is 101 Å². The number of methoxy groups -OCH3 is 1. The number of anilines is 1. The van der Waals surface area contributed by atoms with Crippen molar-refractivity contribution in [2.45, 2.75) is 0 Å². The Hall–Kier alpha value is -2.85. The first-order chi connectivity index (χ1) is 14.0. The van der Waals surface area contributed by atoms with E-state index in [4.69, 9.17) is 9.47 Å². The summed E-state index contributed by atoms with van der Waals surface area (Å²) in [6.45, 7) is -0.162. The van der Waals surface area contributed by atoms with Crippen LogP contribution in [-0.4, -0.2) is 42.7 Å². The van der Waals surface area contributed by atoms with Crippen LogP contribution in [0.2, 0.25) is 0 Å². The molecule has 0 saturated carbocycles. The normalized spacial score (nSPS) is 14.8. The molecule has 0 radical (unpaired) electrons. The summed E-state index contributed by atoms with van der Waals surface area (Å²) >= 11 is 4.64. The van der Waals surface area contributed by atoms with Gasteiger partial charge in [0.2, 0.25) is 5.91 Å². The summed E-state index contributed by atoms with van der Waals surface area (Å²) in [6.07, 6.45) is 1.53. The zero-order valence-corrected chi connectivity index (χ0v) is 17.7. The van der Waals surface area contributed by atoms with Crippen molar-refractivity contribution >= 4 is 56.6 Å². The van der Waals surface area contributed by atoms with E-state index in [-0.39, 0.29) is 18.4 Å². The Kier molecular flexibility index (Phi) is 7.25. The molecular formula is C19H17BrN4O4S. The molecule has 0 unspecified atom stereocenters. The van der Waals surface area contributed by atoms with E-state index in [9.17, 15) is 9.59 Å². The number of benzene rings is 2. The van der Waals surface area contributed by atoms with Gasteiger partial charge in [-0.2, -0.15) is 5.10 Å². The second-order valence-corrected chi connectivity index (χ2v) is 7.62. The van der Waals surface area contributed by atoms with Crippen LogP contribution in [0.4, 0.5) is 5.69 Å². The molecule has 150 valence electrons. The van der Waals surface area contributed by atoms with Gasteiger partial charge in [-0.15, -0.1) is 5.10 Å². The summed E-state index contributed by atoms with van der Waals surface area (Å²) in [4.78, 5) is 23.2. The fourth-order valence-electron chi connectivity index (χ4n) is 2.28. The van der Waals surface area contributed by atoms with Crippen LogP contribution >= 0.6 is 27.7 Å². The summed E-state index contributed by atoms with van der Waals surface area (Å²) in [7, 11) is 1.51. The van der Waals surface area contributed by atoms with Gasteiger partial charge in [-0.3, -0.25) is 9.59 Å². The molecule has 2 N–H and O–H groups in total. The van der Waals surface area contributed by atoms with Gasteiger partial charge in [-0.1, -0.05) is 27.7 Å². The first-order valence-corrected chi connectivity index (χ1v) is 10.2. The first-order valence-electron chi connectivity index (χ1n) is 8.43. The van der Waals surface area contributed by atoms with Gasteiger partial charge in [-0.25, -0.2) is 0 Å². The van der Waals surface area contributed by atoms with E-state index in [1.54, 1.807) is 30.3 Å². The zero-order chi connectivity index (χ0) is 20.6. The number of carbonyl (C=O) groups excluding carboxylic acids is 2. The van der Waals surface area contributed by atoms with Crippen molar-refractivity contribution in [1.29, 1.82) is 0 Å². The highest BCUT2D eigenvalue weighted by Gasteiger charge is 2.16. The van der Waals surface area contributed by atoms with Gasteiger partial charge >= 0.3 is 0 Å². The van der Waals surface area contributed by atoms with Crippen LogP contribution in [0.25, 0.3) is 0 Å². The van der Waals surface area contributed by atoms with E-state index in [0.29, 0.717) is 28.1 Å². The Morgan fingerprint density at radius 2 is 2.07 bits per heavy atom. The lowest BCUT2D eigenvalue weighted by Gasteiger charge is -2.11. The highest BCUT2D eigenvalue weighted by Crippen LogP contribution is 2.27. The number of carbonyl (C=O) groups is 2. The number of amides is 2. The van der Waals surface area contributed by atoms with Crippen molar-refractivity contribution in [3.05, 3.63) is 52.5 Å². The second-order valence-electron chi connectivity index (χ2n) is 5.74. The molecule has 1 aliphatic rings. The van der Waals surface area contributed by atoms with Gasteiger partial charge in [0.25, 0.3) is 5.91 Å². The SMILES string of the molecule is COc1cc(C=NN=C2NC(=O)CS2)ccc1OCC(=O)Nc1ccc(Br)cc1. The van der Waals surface area contributed by atoms with Gasteiger partial charge in [-0.05, 0) is 48.0 Å². The summed E-state index contributed by atoms with van der Waals surface area (Å²) in [5.74, 6) is 0.870. The molecule has 2 aromatic carbocycles. The molecule has 0 bridgehead atoms. The molecule has 0 aliphatic carbocycles. The molecule has 8 nitrogen and oxygen atoms in total. The molecule has 1 heterocycles. The average Bonchev–Trinajstić information content (AvgIpc) is 3.13. The maximum atomic E-state index is 12.1. The van der Waals surface area contributed by atoms with Crippen LogP contribution in [0.3, 0.4) is 0 Å². The third-order valence-corrected chi connectivity index (χ3v) is 5.01. The van der Waals surface area contributed by atoms with E-state index in [2.05, 4.69) is 36.8 Å². The number of rotatable bonds is 7. The van der Waals surface area contributed by atoms with Crippen molar-refractivity contribution < 1.29 is 19.1 Å². The van der Waals surface area contributed by atoms with E-state index < -0.39 is 0 Å². The molecule has 2 aromatic rings. The zero-order valence-electron chi connectivity index (χ0n) is 15.3. The van der Waals surface area contributed by atoms with E-state index >= 15 is 0 Å². The van der Waals surface area contributed by atoms with Gasteiger partial charge in [0.15, 0.2) is 23.3 Å². The van der Waals surface area contributed by atoms with Crippen molar-refractivity contribution in [3.8, 4) is 11.5 Å². The van der Waals surface area contributed by atoms with Crippen LogP contribution < -0.4 is 20.1 Å². The van der Waals surface area contributed by atoms with Crippen molar-refractivity contribution in [2.24, 2.45) is 10.2 Å². The number of halogens is 1. The fraction of sp³-hybridized carbons (Fsp3) is 0.158. The monoisotopic (exact) mass is 476 g/mol. The quantitative estimate of drug-likeness (QED) is 0.472. The van der Waals surface area contributed by atoms with Crippen LogP contribution in [0.15, 0.2) is 57.1 Å². The molecular weight excluding hydrogens is 460 g/mol. The fourth-order valence-corrected chi connectivity index (χ4v) is 3.18. The highest BCUT2D eigenvalue weighted by atomic mass is 79.9. The number of thioether (sulfide) groups is 1. The second kappa shape index (κ2) is 10.1. The maximum Gasteiger partial charge on any atom is 0.262 e. The molecule has 0 atom stereocenters. The number of nitrogens with one attached hydrogen (secondary N) is 2. The number of amidine groups is 1. The molecule has 1 saturated heterocycles. The van der Waals surface area contributed by atoms with Gasteiger partial charge in [0, 0.05) is 10.2 Å². The first kappa shape index (κ1) is 20.9. The molecule has 29 heavy (non-hydrogen) atoms. The molecule has 1 fully saturated rings. The van der Waals surface area contributed by atoms with E-state index in [1.807, 2.05) is 12.1 Å². The number of nitrogens with zero attached hydrogens (tertiary/aromatic N) is 2. The van der Waals surface area contributed by atoms with Gasteiger partial charge in [0.1, 0.15) is 0 Å². The summed E-state index contributed by atoms with van der Waals surface area (Å²) in [6, 6.07) is 12.4. The largest absolute Gasteiger partial charge is 0.493 e. The lowest BCUT2D eigenvalue weighted by Crippen LogP contribution is -2.20. The van der Waals surface area contributed by atoms with Crippen LogP contribution in [0.5, 0.6) is 11.5 Å². The number of hydrogen-bond donors (Lipinski definition) is 2. The molecule has 0 spiro atoms. The van der Waals surface area contributed by atoms with Crippen molar-refractivity contribution in [1.82, 2.24) is 5.32 Å². The summed E-state index contributed by atoms with van der Waals surface area (Å²) < 4.78 is 11.8. The lowest BCUT2D eigenvalue weighted by atomic mass is 10.2. The number of ether oxygens (including phenoxy) is 2. The Balaban J connectivity index is 1.57. The van der Waals surface area contributed by atoms with Crippen LogP contribution in [-0.2, 0) is 9.59 Å². The molecule has 3 rings (SSSR count). The van der Waals surface area contributed by atoms with E-state index in [0.717, 1.165) is 10.0 Å². The Labute approximate surface area is 179 Å². The average molecular weight is 477 g/mol. The predicted molar refractivity (Wildman–Crippen MR) is 117 cm³/mol. The predicted octanol–water partition coefficient (Wildman–Crippen LogP) is 3.03. The lowest BCUT2D eigenvalue weighted by molar-refractivity contribution is -0.118. The Morgan fingerprint density at radius 1 is 1.28 bits per heavy atom. The third-order valence-electron chi connectivity index (χ3n) is 3.62. The third kappa shape index (κ3) is 6.33. The minimum atomic E-state index is -0.285. The Morgan fingerprint density at radius 3 is 2.76 bits per heavy atom. The molecule has 0 aromatic heterocycles.